The van der Waals surface area contributed by atoms with Crippen LogP contribution in [0.4, 0.5) is 0 Å². The fraction of sp³-hybridized carbons (Fsp3) is 0.969. The van der Waals surface area contributed by atoms with Gasteiger partial charge in [-0.3, -0.25) is 4.79 Å². The van der Waals surface area contributed by atoms with E-state index in [1.165, 1.54) is 108 Å². The van der Waals surface area contributed by atoms with Crippen LogP contribution in [0.5, 0.6) is 0 Å². The van der Waals surface area contributed by atoms with Crippen molar-refractivity contribution in [2.75, 3.05) is 60.9 Å². The van der Waals surface area contributed by atoms with Crippen LogP contribution in [-0.2, 0) is 4.79 Å². The molecule has 36 heavy (non-hydrogen) atoms. The number of hydrogen-bond donors (Lipinski definition) is 1. The molecule has 0 aromatic heterocycles. The molecule has 0 rings (SSSR count). The summed E-state index contributed by atoms with van der Waals surface area (Å²) in [5.41, 5.74) is 0. The third-order valence-electron chi connectivity index (χ3n) is 7.80. The van der Waals surface area contributed by atoms with E-state index in [0.717, 1.165) is 30.7 Å². The second kappa shape index (κ2) is 22.4. The zero-order chi connectivity index (χ0) is 27.2. The van der Waals surface area contributed by atoms with Crippen LogP contribution >= 0.6 is 0 Å². The maximum Gasteiger partial charge on any atom is 0.277 e. The lowest BCUT2D eigenvalue weighted by Gasteiger charge is -2.32. The van der Waals surface area contributed by atoms with Gasteiger partial charge in [0.2, 0.25) is 0 Å². The van der Waals surface area contributed by atoms with Crippen molar-refractivity contribution in [3.63, 3.8) is 0 Å². The molecule has 0 radical (unpaired) electrons. The van der Waals surface area contributed by atoms with Crippen molar-refractivity contribution in [3.05, 3.63) is 0 Å². The average molecular weight is 512 g/mol. The van der Waals surface area contributed by atoms with Gasteiger partial charge in [-0.1, -0.05) is 105 Å². The SMILES string of the molecule is CCCCCCCC(CCC)CN(CC(CCC)CCCCCCC)C(=O)C[NH+](C)CC[N+](C)(C)C. The van der Waals surface area contributed by atoms with Crippen LogP contribution in [0.2, 0.25) is 0 Å². The number of unbranched alkanes of at least 4 members (excludes halogenated alkanes) is 8. The van der Waals surface area contributed by atoms with Gasteiger partial charge in [-0.25, -0.2) is 0 Å². The number of hydrogen-bond acceptors (Lipinski definition) is 1. The Balaban J connectivity index is 5.24. The quantitative estimate of drug-likeness (QED) is 0.109. The van der Waals surface area contributed by atoms with E-state index in [9.17, 15) is 4.79 Å². The highest BCUT2D eigenvalue weighted by atomic mass is 16.2. The van der Waals surface area contributed by atoms with Crippen LogP contribution in [-0.4, -0.2) is 76.2 Å². The van der Waals surface area contributed by atoms with E-state index in [1.54, 1.807) is 0 Å². The largest absolute Gasteiger partial charge is 0.337 e. The third-order valence-corrected chi connectivity index (χ3v) is 7.80. The minimum atomic E-state index is 0.396. The predicted octanol–water partition coefficient (Wildman–Crippen LogP) is 6.59. The van der Waals surface area contributed by atoms with Gasteiger partial charge in [0.05, 0.1) is 28.2 Å². The van der Waals surface area contributed by atoms with Crippen molar-refractivity contribution in [2.45, 2.75) is 130 Å². The van der Waals surface area contributed by atoms with Gasteiger partial charge in [0.1, 0.15) is 13.1 Å². The van der Waals surface area contributed by atoms with Crippen LogP contribution in [0, 0.1) is 11.8 Å². The summed E-state index contributed by atoms with van der Waals surface area (Å²) in [7, 11) is 8.94. The molecule has 0 aliphatic rings. The molecule has 0 aliphatic heterocycles. The molecule has 1 N–H and O–H groups in total. The lowest BCUT2D eigenvalue weighted by atomic mass is 9.92. The number of rotatable bonds is 25. The average Bonchev–Trinajstić information content (AvgIpc) is 2.81. The molecule has 0 saturated heterocycles. The van der Waals surface area contributed by atoms with Gasteiger partial charge in [0.15, 0.2) is 6.54 Å². The Morgan fingerprint density at radius 1 is 0.667 bits per heavy atom. The fourth-order valence-corrected chi connectivity index (χ4v) is 5.43. The Kier molecular flexibility index (Phi) is 22.0. The van der Waals surface area contributed by atoms with E-state index in [4.69, 9.17) is 0 Å². The Morgan fingerprint density at radius 3 is 1.50 bits per heavy atom. The predicted molar refractivity (Wildman–Crippen MR) is 160 cm³/mol. The third kappa shape index (κ3) is 20.4. The van der Waals surface area contributed by atoms with Crippen LogP contribution in [0.3, 0.4) is 0 Å². The van der Waals surface area contributed by atoms with Crippen molar-refractivity contribution in [1.29, 1.82) is 0 Å². The van der Waals surface area contributed by atoms with Crippen molar-refractivity contribution in [2.24, 2.45) is 11.8 Å². The number of carbonyl (C=O) groups is 1. The highest BCUT2D eigenvalue weighted by Gasteiger charge is 2.25. The first-order valence-corrected chi connectivity index (χ1v) is 16.1. The Bertz CT molecular complexity index is 476. The lowest BCUT2D eigenvalue weighted by Crippen LogP contribution is -3.11. The summed E-state index contributed by atoms with van der Waals surface area (Å²) in [6.07, 6.45) is 21.0. The molecule has 0 heterocycles. The smallest absolute Gasteiger partial charge is 0.277 e. The molecule has 0 fully saturated rings. The Labute approximate surface area is 228 Å². The highest BCUT2D eigenvalue weighted by molar-refractivity contribution is 5.77. The summed E-state index contributed by atoms with van der Waals surface area (Å²) in [4.78, 5) is 17.4. The molecule has 4 nitrogen and oxygen atoms in total. The maximum absolute atomic E-state index is 13.7. The van der Waals surface area contributed by atoms with Crippen molar-refractivity contribution in [1.82, 2.24) is 4.90 Å². The topological polar surface area (TPSA) is 24.8 Å². The summed E-state index contributed by atoms with van der Waals surface area (Å²) in [5, 5.41) is 0. The zero-order valence-electron chi connectivity index (χ0n) is 26.3. The monoisotopic (exact) mass is 512 g/mol. The minimum absolute atomic E-state index is 0.396. The van der Waals surface area contributed by atoms with Crippen LogP contribution in [0.25, 0.3) is 0 Å². The van der Waals surface area contributed by atoms with Gasteiger partial charge < -0.3 is 14.3 Å². The van der Waals surface area contributed by atoms with Gasteiger partial charge in [0, 0.05) is 13.1 Å². The lowest BCUT2D eigenvalue weighted by molar-refractivity contribution is -0.929. The molecule has 0 saturated carbocycles. The summed E-state index contributed by atoms with van der Waals surface area (Å²) in [6.45, 7) is 14.0. The second-order valence-electron chi connectivity index (χ2n) is 12.9. The zero-order valence-corrected chi connectivity index (χ0v) is 26.3. The molecule has 3 atom stereocenters. The fourth-order valence-electron chi connectivity index (χ4n) is 5.43. The van der Waals surface area contributed by atoms with Crippen LogP contribution in [0.1, 0.15) is 130 Å². The maximum atomic E-state index is 13.7. The van der Waals surface area contributed by atoms with Crippen molar-refractivity contribution in [3.8, 4) is 0 Å². The van der Waals surface area contributed by atoms with E-state index < -0.39 is 0 Å². The van der Waals surface area contributed by atoms with Gasteiger partial charge in [0.25, 0.3) is 5.91 Å². The molecule has 0 bridgehead atoms. The summed E-state index contributed by atoms with van der Waals surface area (Å²) < 4.78 is 0.961. The second-order valence-corrected chi connectivity index (χ2v) is 12.9. The molecular formula is C32H69N3O+2. The molecule has 216 valence electrons. The molecule has 3 unspecified atom stereocenters. The molecule has 0 aliphatic carbocycles. The number of nitrogens with zero attached hydrogens (tertiary/aromatic N) is 2. The van der Waals surface area contributed by atoms with E-state index in [1.807, 2.05) is 0 Å². The van der Waals surface area contributed by atoms with Gasteiger partial charge in [-0.2, -0.15) is 0 Å². The molecule has 1 amide bonds. The first-order chi connectivity index (χ1) is 17.2. The normalized spacial score (nSPS) is 14.6. The molecule has 0 aromatic rings. The summed E-state index contributed by atoms with van der Waals surface area (Å²) in [6, 6.07) is 0. The van der Waals surface area contributed by atoms with Crippen molar-refractivity contribution >= 4 is 5.91 Å². The van der Waals surface area contributed by atoms with E-state index >= 15 is 0 Å². The number of likely N-dealkylation sites (N-methyl/N-ethyl adjacent to an activating group) is 2. The molecular weight excluding hydrogens is 442 g/mol. The first-order valence-electron chi connectivity index (χ1n) is 16.1. The van der Waals surface area contributed by atoms with E-state index in [0.29, 0.717) is 24.3 Å². The Hall–Kier alpha value is -0.610. The van der Waals surface area contributed by atoms with Gasteiger partial charge in [-0.05, 0) is 37.5 Å². The summed E-state index contributed by atoms with van der Waals surface area (Å²) in [5.74, 6) is 1.73. The number of quaternary nitrogens is 2. The molecule has 0 aromatic carbocycles. The van der Waals surface area contributed by atoms with Gasteiger partial charge in [-0.15, -0.1) is 0 Å². The number of nitrogens with one attached hydrogen (secondary N) is 1. The standard InChI is InChI=1S/C32H68N3O/c1-9-13-15-17-19-23-30(21-11-3)27-34(32(36)29-33(5)25-26-35(6,7)8)28-31(22-12-4)24-20-18-16-14-10-2/h30-31H,9-29H2,1-8H3/q+1/p+1. The molecule has 0 spiro atoms. The van der Waals surface area contributed by atoms with E-state index in [-0.39, 0.29) is 0 Å². The number of carbonyl (C=O) groups excluding carboxylic acids is 1. The van der Waals surface area contributed by atoms with Crippen LogP contribution in [0.15, 0.2) is 0 Å². The van der Waals surface area contributed by atoms with Gasteiger partial charge >= 0.3 is 0 Å². The first kappa shape index (κ1) is 35.4. The summed E-state index contributed by atoms with van der Waals surface area (Å²) >= 11 is 0. The van der Waals surface area contributed by atoms with Crippen molar-refractivity contribution < 1.29 is 14.2 Å². The highest BCUT2D eigenvalue weighted by Crippen LogP contribution is 2.22. The minimum Gasteiger partial charge on any atom is -0.337 e. The number of amides is 1. The van der Waals surface area contributed by atoms with Crippen LogP contribution < -0.4 is 4.90 Å². The Morgan fingerprint density at radius 2 is 1.11 bits per heavy atom. The van der Waals surface area contributed by atoms with E-state index in [2.05, 4.69) is 60.8 Å². The molecule has 4 heteroatoms.